The molecule has 1 aromatic carbocycles. The van der Waals surface area contributed by atoms with Gasteiger partial charge in [0.05, 0.1) is 5.52 Å². The highest BCUT2D eigenvalue weighted by molar-refractivity contribution is 5.87. The summed E-state index contributed by atoms with van der Waals surface area (Å²) >= 11 is 0. The second-order valence-corrected chi connectivity index (χ2v) is 5.59. The van der Waals surface area contributed by atoms with Crippen molar-refractivity contribution in [1.82, 2.24) is 4.98 Å². The van der Waals surface area contributed by atoms with E-state index in [9.17, 15) is 4.79 Å². The third-order valence-corrected chi connectivity index (χ3v) is 4.20. The Labute approximate surface area is 118 Å². The molecule has 0 fully saturated rings. The number of aromatic nitrogens is 1. The fraction of sp³-hybridized carbons (Fsp3) is 0.412. The summed E-state index contributed by atoms with van der Waals surface area (Å²) in [4.78, 5) is 15.8. The first-order valence-electron chi connectivity index (χ1n) is 7.28. The SMILES string of the molecule is Cc1cccc2c(CCC(=O)O)c3c(nc12)CCCC3. The number of carboxylic acid groups (broad SMARTS) is 1. The molecule has 2 aromatic rings. The zero-order chi connectivity index (χ0) is 14.1. The van der Waals surface area contributed by atoms with Gasteiger partial charge in [0.25, 0.3) is 0 Å². The van der Waals surface area contributed by atoms with Gasteiger partial charge >= 0.3 is 5.97 Å². The first-order chi connectivity index (χ1) is 9.66. The van der Waals surface area contributed by atoms with Crippen molar-refractivity contribution >= 4 is 16.9 Å². The number of carboxylic acids is 1. The van der Waals surface area contributed by atoms with Gasteiger partial charge in [-0.25, -0.2) is 0 Å². The maximum atomic E-state index is 10.9. The van der Waals surface area contributed by atoms with Gasteiger partial charge in [0.15, 0.2) is 0 Å². The number of carbonyl (C=O) groups is 1. The highest BCUT2D eigenvalue weighted by Gasteiger charge is 2.19. The van der Waals surface area contributed by atoms with Crippen LogP contribution in [0.3, 0.4) is 0 Å². The summed E-state index contributed by atoms with van der Waals surface area (Å²) in [5.41, 5.74) is 5.95. The molecule has 1 aromatic heterocycles. The van der Waals surface area contributed by atoms with Gasteiger partial charge in [-0.1, -0.05) is 18.2 Å². The van der Waals surface area contributed by atoms with E-state index in [1.165, 1.54) is 35.2 Å². The molecule has 104 valence electrons. The monoisotopic (exact) mass is 269 g/mol. The number of nitrogens with zero attached hydrogens (tertiary/aromatic N) is 1. The normalized spacial score (nSPS) is 14.2. The topological polar surface area (TPSA) is 50.2 Å². The minimum absolute atomic E-state index is 0.194. The number of pyridine rings is 1. The lowest BCUT2D eigenvalue weighted by Crippen LogP contribution is -2.11. The quantitative estimate of drug-likeness (QED) is 0.928. The van der Waals surface area contributed by atoms with Crippen molar-refractivity contribution in [1.29, 1.82) is 0 Å². The summed E-state index contributed by atoms with van der Waals surface area (Å²) in [6, 6.07) is 6.20. The number of benzene rings is 1. The number of aryl methyl sites for hydroxylation is 3. The van der Waals surface area contributed by atoms with E-state index in [4.69, 9.17) is 10.1 Å². The van der Waals surface area contributed by atoms with Gasteiger partial charge in [0.1, 0.15) is 0 Å². The molecule has 1 heterocycles. The number of aliphatic carboxylic acids is 1. The summed E-state index contributed by atoms with van der Waals surface area (Å²) in [6.45, 7) is 2.07. The second kappa shape index (κ2) is 5.23. The molecule has 0 spiro atoms. The Kier molecular flexibility index (Phi) is 3.43. The van der Waals surface area contributed by atoms with Crippen LogP contribution in [0.25, 0.3) is 10.9 Å². The molecule has 3 nitrogen and oxygen atoms in total. The molecule has 0 saturated heterocycles. The number of fused-ring (bicyclic) bond motifs is 2. The maximum Gasteiger partial charge on any atom is 0.303 e. The molecule has 3 rings (SSSR count). The molecule has 0 aliphatic heterocycles. The largest absolute Gasteiger partial charge is 0.481 e. The molecular weight excluding hydrogens is 250 g/mol. The van der Waals surface area contributed by atoms with Crippen LogP contribution in [-0.2, 0) is 24.1 Å². The van der Waals surface area contributed by atoms with Gasteiger partial charge in [-0.15, -0.1) is 0 Å². The van der Waals surface area contributed by atoms with Crippen LogP contribution >= 0.6 is 0 Å². The lowest BCUT2D eigenvalue weighted by atomic mass is 9.87. The predicted molar refractivity (Wildman–Crippen MR) is 79.1 cm³/mol. The molecule has 0 saturated carbocycles. The van der Waals surface area contributed by atoms with Crippen molar-refractivity contribution in [3.05, 3.63) is 40.6 Å². The van der Waals surface area contributed by atoms with E-state index in [0.29, 0.717) is 6.42 Å². The van der Waals surface area contributed by atoms with E-state index in [2.05, 4.69) is 19.1 Å². The van der Waals surface area contributed by atoms with Crippen molar-refractivity contribution < 1.29 is 9.90 Å². The average molecular weight is 269 g/mol. The van der Waals surface area contributed by atoms with Gasteiger partial charge < -0.3 is 5.11 Å². The Bertz CT molecular complexity index is 676. The van der Waals surface area contributed by atoms with Crippen molar-refractivity contribution in [3.63, 3.8) is 0 Å². The van der Waals surface area contributed by atoms with Crippen molar-refractivity contribution in [2.75, 3.05) is 0 Å². The molecule has 1 N–H and O–H groups in total. The van der Waals surface area contributed by atoms with E-state index in [0.717, 1.165) is 23.7 Å². The molecule has 0 unspecified atom stereocenters. The van der Waals surface area contributed by atoms with Crippen molar-refractivity contribution in [2.45, 2.75) is 45.4 Å². The van der Waals surface area contributed by atoms with Gasteiger partial charge in [0, 0.05) is 17.5 Å². The van der Waals surface area contributed by atoms with Crippen LogP contribution in [-0.4, -0.2) is 16.1 Å². The van der Waals surface area contributed by atoms with Crippen LogP contribution in [0, 0.1) is 6.92 Å². The first-order valence-corrected chi connectivity index (χ1v) is 7.28. The molecule has 0 bridgehead atoms. The number of hydrogen-bond donors (Lipinski definition) is 1. The van der Waals surface area contributed by atoms with E-state index >= 15 is 0 Å². The van der Waals surface area contributed by atoms with Crippen molar-refractivity contribution in [3.8, 4) is 0 Å². The summed E-state index contributed by atoms with van der Waals surface area (Å²) in [5, 5.41) is 10.1. The van der Waals surface area contributed by atoms with Crippen molar-refractivity contribution in [2.24, 2.45) is 0 Å². The zero-order valence-electron chi connectivity index (χ0n) is 11.8. The van der Waals surface area contributed by atoms with E-state index in [1.54, 1.807) is 0 Å². The van der Waals surface area contributed by atoms with E-state index in [-0.39, 0.29) is 6.42 Å². The average Bonchev–Trinajstić information content (AvgIpc) is 2.44. The third kappa shape index (κ3) is 2.28. The Morgan fingerprint density at radius 1 is 1.30 bits per heavy atom. The van der Waals surface area contributed by atoms with Gasteiger partial charge in [-0.05, 0) is 55.7 Å². The van der Waals surface area contributed by atoms with Crippen LogP contribution in [0.15, 0.2) is 18.2 Å². The van der Waals surface area contributed by atoms with Gasteiger partial charge in [0.2, 0.25) is 0 Å². The molecule has 0 radical (unpaired) electrons. The molecule has 0 amide bonds. The summed E-state index contributed by atoms with van der Waals surface area (Å²) in [5.74, 6) is -0.729. The molecular formula is C17H19NO2. The van der Waals surface area contributed by atoms with Crippen LogP contribution < -0.4 is 0 Å². The second-order valence-electron chi connectivity index (χ2n) is 5.59. The molecule has 1 aliphatic rings. The highest BCUT2D eigenvalue weighted by atomic mass is 16.4. The standard InChI is InChI=1S/C17H19NO2/c1-11-5-4-7-14-12(9-10-16(19)20)13-6-2-3-8-15(13)18-17(11)14/h4-5,7H,2-3,6,8-10H2,1H3,(H,19,20). The van der Waals surface area contributed by atoms with Crippen LogP contribution in [0.4, 0.5) is 0 Å². The maximum absolute atomic E-state index is 10.9. The van der Waals surface area contributed by atoms with E-state index < -0.39 is 5.97 Å². The predicted octanol–water partition coefficient (Wildman–Crippen LogP) is 3.44. The van der Waals surface area contributed by atoms with Gasteiger partial charge in [-0.2, -0.15) is 0 Å². The first kappa shape index (κ1) is 13.1. The smallest absolute Gasteiger partial charge is 0.303 e. The number of para-hydroxylation sites is 1. The Morgan fingerprint density at radius 3 is 2.90 bits per heavy atom. The molecule has 3 heteroatoms. The molecule has 20 heavy (non-hydrogen) atoms. The zero-order valence-corrected chi connectivity index (χ0v) is 11.8. The fourth-order valence-electron chi connectivity index (χ4n) is 3.20. The fourth-order valence-corrected chi connectivity index (χ4v) is 3.20. The third-order valence-electron chi connectivity index (χ3n) is 4.20. The minimum Gasteiger partial charge on any atom is -0.481 e. The van der Waals surface area contributed by atoms with E-state index in [1.807, 2.05) is 6.07 Å². The Hall–Kier alpha value is -1.90. The minimum atomic E-state index is -0.729. The van der Waals surface area contributed by atoms with Gasteiger partial charge in [-0.3, -0.25) is 9.78 Å². The summed E-state index contributed by atoms with van der Waals surface area (Å²) in [7, 11) is 0. The van der Waals surface area contributed by atoms with Crippen LogP contribution in [0.2, 0.25) is 0 Å². The summed E-state index contributed by atoms with van der Waals surface area (Å²) in [6.07, 6.45) is 5.25. The highest BCUT2D eigenvalue weighted by Crippen LogP contribution is 2.31. The van der Waals surface area contributed by atoms with Crippen LogP contribution in [0.5, 0.6) is 0 Å². The number of hydrogen-bond acceptors (Lipinski definition) is 2. The molecule has 0 atom stereocenters. The lowest BCUT2D eigenvalue weighted by molar-refractivity contribution is -0.136. The number of rotatable bonds is 3. The summed E-state index contributed by atoms with van der Waals surface area (Å²) < 4.78 is 0. The Morgan fingerprint density at radius 2 is 2.10 bits per heavy atom. The molecule has 1 aliphatic carbocycles. The van der Waals surface area contributed by atoms with Crippen LogP contribution in [0.1, 0.15) is 41.6 Å². The Balaban J connectivity index is 2.21. The lowest BCUT2D eigenvalue weighted by Gasteiger charge is -2.21.